The lowest BCUT2D eigenvalue weighted by atomic mass is 9.97. The van der Waals surface area contributed by atoms with Gasteiger partial charge in [0.25, 0.3) is 0 Å². The molecule has 1 unspecified atom stereocenters. The summed E-state index contributed by atoms with van der Waals surface area (Å²) in [4.78, 5) is 8.35. The molecular weight excluding hydrogens is 370 g/mol. The number of ether oxygens (including phenoxy) is 1. The molecule has 3 aromatic rings. The first-order valence-electron chi connectivity index (χ1n) is 7.79. The van der Waals surface area contributed by atoms with Crippen LogP contribution in [0, 0.1) is 5.41 Å². The average molecular weight is 390 g/mol. The Morgan fingerprint density at radius 2 is 2.04 bits per heavy atom. The highest BCUT2D eigenvalue weighted by Gasteiger charge is 2.18. The van der Waals surface area contributed by atoms with Crippen molar-refractivity contribution in [1.82, 2.24) is 25.0 Å². The lowest BCUT2D eigenvalue weighted by Gasteiger charge is -2.18. The number of rotatable bonds is 4. The maximum Gasteiger partial charge on any atom is 0.139 e. The van der Waals surface area contributed by atoms with Crippen LogP contribution in [-0.4, -0.2) is 25.0 Å². The topological polar surface area (TPSA) is 65.7 Å². The Morgan fingerprint density at radius 1 is 1.25 bits per heavy atom. The quantitative estimate of drug-likeness (QED) is 0.669. The summed E-state index contributed by atoms with van der Waals surface area (Å²) in [6.07, 6.45) is 4.80. The van der Waals surface area contributed by atoms with Crippen molar-refractivity contribution in [2.75, 3.05) is 0 Å². The van der Waals surface area contributed by atoms with Gasteiger partial charge in [-0.15, -0.1) is 5.10 Å². The Balaban J connectivity index is 1.89. The predicted octanol–water partition coefficient (Wildman–Crippen LogP) is 4.17. The van der Waals surface area contributed by atoms with Gasteiger partial charge in [-0.2, -0.15) is 0 Å². The summed E-state index contributed by atoms with van der Waals surface area (Å²) in [7, 11) is 0. The van der Waals surface area contributed by atoms with E-state index in [-0.39, 0.29) is 11.5 Å². The van der Waals surface area contributed by atoms with E-state index < -0.39 is 0 Å². The van der Waals surface area contributed by atoms with Crippen LogP contribution in [-0.2, 0) is 6.54 Å². The molecule has 6 nitrogen and oxygen atoms in total. The summed E-state index contributed by atoms with van der Waals surface area (Å²) in [5.41, 5.74) is 2.68. The van der Waals surface area contributed by atoms with Crippen LogP contribution in [0.2, 0.25) is 0 Å². The van der Waals surface area contributed by atoms with E-state index in [1.54, 1.807) is 18.6 Å². The second-order valence-corrected chi connectivity index (χ2v) is 7.74. The summed E-state index contributed by atoms with van der Waals surface area (Å²) < 4.78 is 8.75. The largest absolute Gasteiger partial charge is 0.483 e. The molecule has 0 aliphatic heterocycles. The van der Waals surface area contributed by atoms with Gasteiger partial charge in [0.2, 0.25) is 0 Å². The van der Waals surface area contributed by atoms with Crippen LogP contribution in [0.25, 0.3) is 11.0 Å². The van der Waals surface area contributed by atoms with E-state index >= 15 is 0 Å². The fourth-order valence-corrected chi connectivity index (χ4v) is 2.92. The van der Waals surface area contributed by atoms with Crippen molar-refractivity contribution in [3.63, 3.8) is 0 Å². The van der Waals surface area contributed by atoms with E-state index in [0.29, 0.717) is 5.75 Å². The number of hydrogen-bond acceptors (Lipinski definition) is 5. The van der Waals surface area contributed by atoms with Gasteiger partial charge in [-0.3, -0.25) is 9.97 Å². The SMILES string of the molecule is CC(Oc1ccc2c(nnn2CC(C)(C)C)c1Br)c1cnccn1. The third-order valence-electron chi connectivity index (χ3n) is 3.52. The highest BCUT2D eigenvalue weighted by atomic mass is 79.9. The zero-order valence-corrected chi connectivity index (χ0v) is 15.8. The number of fused-ring (bicyclic) bond motifs is 1. The number of hydrogen-bond donors (Lipinski definition) is 0. The monoisotopic (exact) mass is 389 g/mol. The molecule has 0 aliphatic rings. The molecule has 0 N–H and O–H groups in total. The summed E-state index contributed by atoms with van der Waals surface area (Å²) in [5, 5.41) is 8.58. The van der Waals surface area contributed by atoms with Gasteiger partial charge in [-0.1, -0.05) is 26.0 Å². The van der Waals surface area contributed by atoms with Crippen LogP contribution < -0.4 is 4.74 Å². The molecule has 0 amide bonds. The highest BCUT2D eigenvalue weighted by molar-refractivity contribution is 9.10. The van der Waals surface area contributed by atoms with Gasteiger partial charge < -0.3 is 4.74 Å². The van der Waals surface area contributed by atoms with Gasteiger partial charge in [0.1, 0.15) is 17.4 Å². The molecule has 3 rings (SSSR count). The maximum atomic E-state index is 6.02. The lowest BCUT2D eigenvalue weighted by molar-refractivity contribution is 0.220. The molecule has 0 bridgehead atoms. The van der Waals surface area contributed by atoms with Crippen LogP contribution in [0.4, 0.5) is 0 Å². The van der Waals surface area contributed by atoms with Crippen molar-refractivity contribution in [2.24, 2.45) is 5.41 Å². The van der Waals surface area contributed by atoms with Gasteiger partial charge in [0, 0.05) is 18.9 Å². The third kappa shape index (κ3) is 3.56. The molecule has 126 valence electrons. The second kappa shape index (κ2) is 6.47. The molecule has 24 heavy (non-hydrogen) atoms. The van der Waals surface area contributed by atoms with E-state index in [1.807, 2.05) is 23.7 Å². The summed E-state index contributed by atoms with van der Waals surface area (Å²) in [6.45, 7) is 9.27. The second-order valence-electron chi connectivity index (χ2n) is 6.94. The van der Waals surface area contributed by atoms with E-state index in [9.17, 15) is 0 Å². The number of benzene rings is 1. The molecule has 0 saturated carbocycles. The van der Waals surface area contributed by atoms with Crippen molar-refractivity contribution in [3.8, 4) is 5.75 Å². The van der Waals surface area contributed by atoms with Crippen LogP contribution in [0.3, 0.4) is 0 Å². The van der Waals surface area contributed by atoms with Crippen molar-refractivity contribution in [2.45, 2.75) is 40.3 Å². The Labute approximate surface area is 149 Å². The van der Waals surface area contributed by atoms with E-state index in [2.05, 4.69) is 57.0 Å². The fraction of sp³-hybridized carbons (Fsp3) is 0.412. The van der Waals surface area contributed by atoms with Crippen LogP contribution in [0.15, 0.2) is 35.2 Å². The zero-order chi connectivity index (χ0) is 17.3. The van der Waals surface area contributed by atoms with Gasteiger partial charge in [-0.25, -0.2) is 4.68 Å². The van der Waals surface area contributed by atoms with E-state index in [4.69, 9.17) is 4.74 Å². The Hall–Kier alpha value is -2.02. The molecule has 1 atom stereocenters. The molecule has 0 fully saturated rings. The van der Waals surface area contributed by atoms with Crippen molar-refractivity contribution >= 4 is 27.0 Å². The Bertz CT molecular complexity index is 841. The first kappa shape index (κ1) is 16.8. The van der Waals surface area contributed by atoms with Gasteiger partial charge >= 0.3 is 0 Å². The molecule has 0 saturated heterocycles. The highest BCUT2D eigenvalue weighted by Crippen LogP contribution is 2.34. The molecule has 0 spiro atoms. The van der Waals surface area contributed by atoms with Crippen molar-refractivity contribution in [1.29, 1.82) is 0 Å². The van der Waals surface area contributed by atoms with Crippen LogP contribution in [0.5, 0.6) is 5.75 Å². The summed E-state index contributed by atoms with van der Waals surface area (Å²) >= 11 is 3.60. The van der Waals surface area contributed by atoms with Crippen molar-refractivity contribution < 1.29 is 4.74 Å². The molecule has 0 radical (unpaired) electrons. The minimum Gasteiger partial charge on any atom is -0.483 e. The summed E-state index contributed by atoms with van der Waals surface area (Å²) in [6, 6.07) is 3.92. The van der Waals surface area contributed by atoms with Crippen LogP contribution >= 0.6 is 15.9 Å². The standard InChI is InChI=1S/C17H20BrN5O/c1-11(12-9-19-7-8-20-12)24-14-6-5-13-16(15(14)18)21-22-23(13)10-17(2,3)4/h5-9,11H,10H2,1-4H3. The van der Waals surface area contributed by atoms with Gasteiger partial charge in [0.15, 0.2) is 0 Å². The lowest BCUT2D eigenvalue weighted by Crippen LogP contribution is -2.16. The van der Waals surface area contributed by atoms with Crippen molar-refractivity contribution in [3.05, 3.63) is 40.9 Å². The fourth-order valence-electron chi connectivity index (χ4n) is 2.41. The molecule has 7 heteroatoms. The average Bonchev–Trinajstić information content (AvgIpc) is 2.92. The van der Waals surface area contributed by atoms with Gasteiger partial charge in [0.05, 0.1) is 21.9 Å². The number of aromatic nitrogens is 5. The maximum absolute atomic E-state index is 6.02. The zero-order valence-electron chi connectivity index (χ0n) is 14.2. The first-order chi connectivity index (χ1) is 11.3. The molecule has 2 heterocycles. The Kier molecular flexibility index (Phi) is 4.54. The molecule has 1 aromatic carbocycles. The smallest absolute Gasteiger partial charge is 0.139 e. The minimum absolute atomic E-state index is 0.128. The van der Waals surface area contributed by atoms with Crippen LogP contribution in [0.1, 0.15) is 39.5 Å². The summed E-state index contributed by atoms with van der Waals surface area (Å²) in [5.74, 6) is 0.712. The van der Waals surface area contributed by atoms with Gasteiger partial charge in [-0.05, 0) is 40.4 Å². The predicted molar refractivity (Wildman–Crippen MR) is 95.8 cm³/mol. The number of nitrogens with zero attached hydrogens (tertiary/aromatic N) is 5. The normalized spacial score (nSPS) is 13.2. The van der Waals surface area contributed by atoms with E-state index in [1.165, 1.54) is 0 Å². The molecule has 0 aliphatic carbocycles. The number of halogens is 1. The molecule has 2 aromatic heterocycles. The first-order valence-corrected chi connectivity index (χ1v) is 8.59. The Morgan fingerprint density at radius 3 is 2.71 bits per heavy atom. The molecular formula is C17H20BrN5O. The third-order valence-corrected chi connectivity index (χ3v) is 4.28. The van der Waals surface area contributed by atoms with E-state index in [0.717, 1.165) is 27.7 Å². The minimum atomic E-state index is -0.211.